The van der Waals surface area contributed by atoms with Gasteiger partial charge in [0, 0.05) is 17.4 Å². The Morgan fingerprint density at radius 3 is 2.52 bits per heavy atom. The Bertz CT molecular complexity index is 810. The molecular formula is C17H12N2OS. The quantitative estimate of drug-likeness (QED) is 0.715. The molecule has 2 aromatic carbocycles. The fourth-order valence-corrected chi connectivity index (χ4v) is 3.17. The van der Waals surface area contributed by atoms with Gasteiger partial charge in [0.15, 0.2) is 0 Å². The summed E-state index contributed by atoms with van der Waals surface area (Å²) in [6, 6.07) is 18.9. The molecule has 1 amide bonds. The van der Waals surface area contributed by atoms with Gasteiger partial charge in [-0.25, -0.2) is 0 Å². The van der Waals surface area contributed by atoms with E-state index in [0.29, 0.717) is 10.4 Å². The molecule has 0 bridgehead atoms. The van der Waals surface area contributed by atoms with Crippen molar-refractivity contribution in [3.63, 3.8) is 0 Å². The van der Waals surface area contributed by atoms with E-state index < -0.39 is 0 Å². The van der Waals surface area contributed by atoms with E-state index in [1.807, 2.05) is 30.3 Å². The third-order valence-electron chi connectivity index (χ3n) is 3.32. The van der Waals surface area contributed by atoms with Gasteiger partial charge in [0.05, 0.1) is 16.5 Å². The van der Waals surface area contributed by atoms with E-state index in [4.69, 9.17) is 5.26 Å². The number of anilines is 1. The fraction of sp³-hybridized carbons (Fsp3) is 0.0588. The Labute approximate surface area is 126 Å². The normalized spacial score (nSPS) is 10.3. The third-order valence-corrected chi connectivity index (χ3v) is 4.43. The molecule has 4 heteroatoms. The predicted octanol–water partition coefficient (Wildman–Crippen LogP) is 4.05. The van der Waals surface area contributed by atoms with Gasteiger partial charge in [-0.05, 0) is 41.8 Å². The molecule has 0 spiro atoms. The van der Waals surface area contributed by atoms with Crippen molar-refractivity contribution in [3.05, 3.63) is 65.0 Å². The molecule has 0 unspecified atom stereocenters. The molecule has 0 radical (unpaired) electrons. The molecule has 102 valence electrons. The summed E-state index contributed by atoms with van der Waals surface area (Å²) in [5.41, 5.74) is 1.36. The summed E-state index contributed by atoms with van der Waals surface area (Å²) < 4.78 is 1.11. The molecule has 0 aliphatic heterocycles. The maximum absolute atomic E-state index is 12.5. The molecule has 3 rings (SSSR count). The summed E-state index contributed by atoms with van der Waals surface area (Å²) in [5, 5.41) is 9.89. The van der Waals surface area contributed by atoms with Crippen LogP contribution in [0.5, 0.6) is 0 Å². The van der Waals surface area contributed by atoms with E-state index in [9.17, 15) is 4.79 Å². The highest BCUT2D eigenvalue weighted by atomic mass is 32.1. The van der Waals surface area contributed by atoms with Gasteiger partial charge in [0.1, 0.15) is 0 Å². The zero-order valence-electron chi connectivity index (χ0n) is 11.4. The van der Waals surface area contributed by atoms with Gasteiger partial charge in [0.25, 0.3) is 5.91 Å². The van der Waals surface area contributed by atoms with Crippen LogP contribution >= 0.6 is 11.3 Å². The van der Waals surface area contributed by atoms with Gasteiger partial charge in [-0.3, -0.25) is 4.79 Å². The van der Waals surface area contributed by atoms with Crippen LogP contribution in [0.2, 0.25) is 0 Å². The second-order valence-corrected chi connectivity index (χ2v) is 5.76. The predicted molar refractivity (Wildman–Crippen MR) is 85.7 cm³/mol. The number of fused-ring (bicyclic) bond motifs is 1. The molecule has 0 saturated heterocycles. The smallest absolute Gasteiger partial charge is 0.268 e. The first kappa shape index (κ1) is 13.3. The zero-order valence-corrected chi connectivity index (χ0v) is 12.2. The Morgan fingerprint density at radius 2 is 1.86 bits per heavy atom. The van der Waals surface area contributed by atoms with E-state index in [1.54, 1.807) is 36.2 Å². The van der Waals surface area contributed by atoms with Gasteiger partial charge in [0.2, 0.25) is 0 Å². The molecule has 3 aromatic rings. The average Bonchev–Trinajstić information content (AvgIpc) is 2.97. The molecule has 0 saturated carbocycles. The van der Waals surface area contributed by atoms with Crippen molar-refractivity contribution in [1.82, 2.24) is 0 Å². The lowest BCUT2D eigenvalue weighted by molar-refractivity contribution is 0.0997. The standard InChI is InChI=1S/C17H12N2OS/c1-19(14-8-6-12(11-18)7-9-14)17(20)16-10-13-4-2-3-5-15(13)21-16/h2-10H,1H3. The molecule has 0 fully saturated rings. The Kier molecular flexibility index (Phi) is 3.43. The van der Waals surface area contributed by atoms with Crippen LogP contribution in [0, 0.1) is 11.3 Å². The number of carbonyl (C=O) groups excluding carboxylic acids is 1. The maximum atomic E-state index is 12.5. The van der Waals surface area contributed by atoms with Crippen LogP contribution in [0.3, 0.4) is 0 Å². The Hall–Kier alpha value is -2.64. The number of nitrogens with zero attached hydrogens (tertiary/aromatic N) is 2. The SMILES string of the molecule is CN(C(=O)c1cc2ccccc2s1)c1ccc(C#N)cc1. The van der Waals surface area contributed by atoms with E-state index in [2.05, 4.69) is 6.07 Å². The molecule has 0 aliphatic carbocycles. The zero-order chi connectivity index (χ0) is 14.8. The molecule has 1 aromatic heterocycles. The summed E-state index contributed by atoms with van der Waals surface area (Å²) >= 11 is 1.49. The highest BCUT2D eigenvalue weighted by molar-refractivity contribution is 7.20. The first-order chi connectivity index (χ1) is 10.2. The van der Waals surface area contributed by atoms with Gasteiger partial charge >= 0.3 is 0 Å². The molecule has 0 aliphatic rings. The number of rotatable bonds is 2. The molecule has 1 heterocycles. The van der Waals surface area contributed by atoms with Gasteiger partial charge in [-0.15, -0.1) is 11.3 Å². The molecule has 3 nitrogen and oxygen atoms in total. The summed E-state index contributed by atoms with van der Waals surface area (Å²) in [7, 11) is 1.74. The maximum Gasteiger partial charge on any atom is 0.268 e. The van der Waals surface area contributed by atoms with Crippen LogP contribution in [0.1, 0.15) is 15.2 Å². The minimum absolute atomic E-state index is 0.0408. The fourth-order valence-electron chi connectivity index (χ4n) is 2.13. The van der Waals surface area contributed by atoms with E-state index in [-0.39, 0.29) is 5.91 Å². The number of amides is 1. The summed E-state index contributed by atoms with van der Waals surface area (Å²) in [5.74, 6) is -0.0408. The lowest BCUT2D eigenvalue weighted by Crippen LogP contribution is -2.25. The molecule has 0 atom stereocenters. The van der Waals surface area contributed by atoms with E-state index in [1.165, 1.54) is 11.3 Å². The molecule has 0 N–H and O–H groups in total. The monoisotopic (exact) mass is 292 g/mol. The topological polar surface area (TPSA) is 44.1 Å². The van der Waals surface area contributed by atoms with Crippen molar-refractivity contribution in [2.45, 2.75) is 0 Å². The summed E-state index contributed by atoms with van der Waals surface area (Å²) in [4.78, 5) is 14.9. The number of carbonyl (C=O) groups is 1. The van der Waals surface area contributed by atoms with Crippen molar-refractivity contribution in [1.29, 1.82) is 5.26 Å². The highest BCUT2D eigenvalue weighted by Gasteiger charge is 2.16. The molecular weight excluding hydrogens is 280 g/mol. The number of nitriles is 1. The first-order valence-electron chi connectivity index (χ1n) is 6.46. The number of hydrogen-bond donors (Lipinski definition) is 0. The first-order valence-corrected chi connectivity index (χ1v) is 7.27. The van der Waals surface area contributed by atoms with E-state index in [0.717, 1.165) is 15.8 Å². The number of thiophene rings is 1. The third kappa shape index (κ3) is 2.51. The number of benzene rings is 2. The van der Waals surface area contributed by atoms with Crippen LogP contribution in [-0.2, 0) is 0 Å². The lowest BCUT2D eigenvalue weighted by Gasteiger charge is -2.16. The second-order valence-electron chi connectivity index (χ2n) is 4.67. The van der Waals surface area contributed by atoms with Gasteiger partial charge < -0.3 is 4.90 Å². The Morgan fingerprint density at radius 1 is 1.14 bits per heavy atom. The summed E-state index contributed by atoms with van der Waals surface area (Å²) in [6.45, 7) is 0. The lowest BCUT2D eigenvalue weighted by atomic mass is 10.2. The highest BCUT2D eigenvalue weighted by Crippen LogP contribution is 2.27. The van der Waals surface area contributed by atoms with Crippen LogP contribution in [-0.4, -0.2) is 13.0 Å². The van der Waals surface area contributed by atoms with Crippen molar-refractivity contribution < 1.29 is 4.79 Å². The van der Waals surface area contributed by atoms with Gasteiger partial charge in [-0.2, -0.15) is 5.26 Å². The largest absolute Gasteiger partial charge is 0.311 e. The number of hydrogen-bond acceptors (Lipinski definition) is 3. The van der Waals surface area contributed by atoms with Crippen LogP contribution in [0.15, 0.2) is 54.6 Å². The minimum Gasteiger partial charge on any atom is -0.311 e. The second kappa shape index (κ2) is 5.39. The van der Waals surface area contributed by atoms with Crippen molar-refractivity contribution in [3.8, 4) is 6.07 Å². The van der Waals surface area contributed by atoms with E-state index >= 15 is 0 Å². The molecule has 21 heavy (non-hydrogen) atoms. The van der Waals surface area contributed by atoms with Crippen molar-refractivity contribution in [2.75, 3.05) is 11.9 Å². The summed E-state index contributed by atoms with van der Waals surface area (Å²) in [6.07, 6.45) is 0. The van der Waals surface area contributed by atoms with Crippen molar-refractivity contribution in [2.24, 2.45) is 0 Å². The average molecular weight is 292 g/mol. The van der Waals surface area contributed by atoms with Crippen LogP contribution in [0.4, 0.5) is 5.69 Å². The van der Waals surface area contributed by atoms with Crippen LogP contribution < -0.4 is 4.90 Å². The minimum atomic E-state index is -0.0408. The van der Waals surface area contributed by atoms with Crippen molar-refractivity contribution >= 4 is 33.0 Å². The Balaban J connectivity index is 1.91. The van der Waals surface area contributed by atoms with Crippen LogP contribution in [0.25, 0.3) is 10.1 Å². The van der Waals surface area contributed by atoms with Gasteiger partial charge in [-0.1, -0.05) is 18.2 Å².